The van der Waals surface area contributed by atoms with Crippen molar-refractivity contribution in [2.45, 2.75) is 0 Å². The largest absolute Gasteiger partial charge is 0.497 e. The second-order valence-electron chi connectivity index (χ2n) is 6.66. The molecule has 5 nitrogen and oxygen atoms in total. The van der Waals surface area contributed by atoms with Gasteiger partial charge in [-0.15, -0.1) is 0 Å². The number of ketones is 1. The van der Waals surface area contributed by atoms with Gasteiger partial charge in [-0.05, 0) is 65.7 Å². The maximum atomic E-state index is 13.3. The van der Waals surface area contributed by atoms with Crippen LogP contribution in [-0.4, -0.2) is 31.0 Å². The number of fused-ring (bicyclic) bond motifs is 1. The van der Waals surface area contributed by atoms with Crippen LogP contribution in [0, 0.1) is 11.3 Å². The molecule has 2 aliphatic heterocycles. The molecule has 4 rings (SSSR count). The quantitative estimate of drug-likeness (QED) is 0.613. The Balaban J connectivity index is 1.80. The van der Waals surface area contributed by atoms with E-state index in [0.29, 0.717) is 34.9 Å². The molecular weight excluding hydrogens is 386 g/mol. The number of nitriles is 1. The summed E-state index contributed by atoms with van der Waals surface area (Å²) >= 11 is 5.96. The molecule has 0 aromatic heterocycles. The third-order valence-corrected chi connectivity index (χ3v) is 5.24. The molecule has 2 aromatic rings. The van der Waals surface area contributed by atoms with Crippen molar-refractivity contribution in [1.29, 1.82) is 5.26 Å². The highest BCUT2D eigenvalue weighted by molar-refractivity contribution is 6.30. The standard InChI is InChI=1S/C23H18ClN3O2/c1-29-19-8-4-15(5-9-19)20-12-17(10-11-25)22(21-13-26-14-27(20)21)23(28)16-2-6-18(24)7-3-16/h2-10,12,26H,13-14H2,1H3/b17-10-. The van der Waals surface area contributed by atoms with E-state index in [2.05, 4.69) is 16.3 Å². The summed E-state index contributed by atoms with van der Waals surface area (Å²) in [5, 5.41) is 13.2. The average Bonchev–Trinajstić information content (AvgIpc) is 3.23. The van der Waals surface area contributed by atoms with E-state index >= 15 is 0 Å². The zero-order valence-electron chi connectivity index (χ0n) is 15.8. The highest BCUT2D eigenvalue weighted by Gasteiger charge is 2.33. The number of allylic oxidation sites excluding steroid dienone is 4. The Morgan fingerprint density at radius 3 is 2.59 bits per heavy atom. The van der Waals surface area contributed by atoms with Crippen molar-refractivity contribution in [1.82, 2.24) is 10.2 Å². The molecule has 0 radical (unpaired) electrons. The van der Waals surface area contributed by atoms with Gasteiger partial charge in [-0.25, -0.2) is 0 Å². The van der Waals surface area contributed by atoms with E-state index in [1.54, 1.807) is 31.4 Å². The molecule has 144 valence electrons. The lowest BCUT2D eigenvalue weighted by Gasteiger charge is -2.30. The smallest absolute Gasteiger partial charge is 0.195 e. The molecule has 2 aromatic carbocycles. The van der Waals surface area contributed by atoms with E-state index < -0.39 is 0 Å². The van der Waals surface area contributed by atoms with E-state index in [1.165, 1.54) is 6.08 Å². The Hall–Kier alpha value is -3.33. The number of Topliss-reactive ketones (excluding diaryl/α,β-unsaturated/α-hetero) is 1. The van der Waals surface area contributed by atoms with Gasteiger partial charge in [-0.1, -0.05) is 11.6 Å². The molecule has 1 saturated heterocycles. The Morgan fingerprint density at radius 1 is 1.21 bits per heavy atom. The molecule has 2 heterocycles. The summed E-state index contributed by atoms with van der Waals surface area (Å²) in [5.74, 6) is 0.642. The van der Waals surface area contributed by atoms with Gasteiger partial charge in [0.15, 0.2) is 5.78 Å². The fourth-order valence-corrected chi connectivity index (χ4v) is 3.71. The third-order valence-electron chi connectivity index (χ3n) is 4.99. The minimum atomic E-state index is -0.128. The summed E-state index contributed by atoms with van der Waals surface area (Å²) in [6.07, 6.45) is 3.32. The summed E-state index contributed by atoms with van der Waals surface area (Å²) in [6.45, 7) is 1.13. The van der Waals surface area contributed by atoms with Crippen molar-refractivity contribution in [3.05, 3.63) is 93.7 Å². The molecule has 0 atom stereocenters. The molecule has 0 unspecified atom stereocenters. The summed E-state index contributed by atoms with van der Waals surface area (Å²) < 4.78 is 5.25. The lowest BCUT2D eigenvalue weighted by Crippen LogP contribution is -2.25. The number of hydrogen-bond acceptors (Lipinski definition) is 5. The highest BCUT2D eigenvalue weighted by atomic mass is 35.5. The van der Waals surface area contributed by atoms with Crippen LogP contribution in [0.2, 0.25) is 5.02 Å². The van der Waals surface area contributed by atoms with Gasteiger partial charge >= 0.3 is 0 Å². The lowest BCUT2D eigenvalue weighted by molar-refractivity contribution is 0.103. The van der Waals surface area contributed by atoms with Gasteiger partial charge in [-0.3, -0.25) is 10.1 Å². The van der Waals surface area contributed by atoms with Crippen LogP contribution in [0.3, 0.4) is 0 Å². The predicted molar refractivity (Wildman–Crippen MR) is 112 cm³/mol. The fraction of sp³-hybridized carbons (Fsp3) is 0.130. The van der Waals surface area contributed by atoms with E-state index in [0.717, 1.165) is 22.7 Å². The van der Waals surface area contributed by atoms with E-state index in [1.807, 2.05) is 30.3 Å². The van der Waals surface area contributed by atoms with Crippen molar-refractivity contribution in [2.75, 3.05) is 20.3 Å². The van der Waals surface area contributed by atoms with Gasteiger partial charge in [0, 0.05) is 34.6 Å². The number of methoxy groups -OCH3 is 1. The highest BCUT2D eigenvalue weighted by Crippen LogP contribution is 2.37. The first-order valence-electron chi connectivity index (χ1n) is 9.10. The molecule has 1 N–H and O–H groups in total. The number of rotatable bonds is 4. The summed E-state index contributed by atoms with van der Waals surface area (Å²) in [6, 6.07) is 16.6. The van der Waals surface area contributed by atoms with Gasteiger partial charge in [-0.2, -0.15) is 5.26 Å². The number of hydrogen-bond donors (Lipinski definition) is 1. The van der Waals surface area contributed by atoms with Crippen molar-refractivity contribution < 1.29 is 9.53 Å². The fourth-order valence-electron chi connectivity index (χ4n) is 3.59. The Labute approximate surface area is 174 Å². The monoisotopic (exact) mass is 403 g/mol. The number of ether oxygens (including phenoxy) is 1. The number of halogens is 1. The minimum absolute atomic E-state index is 0.128. The normalized spacial score (nSPS) is 17.1. The zero-order valence-corrected chi connectivity index (χ0v) is 16.5. The summed E-state index contributed by atoms with van der Waals surface area (Å²) in [5.41, 5.74) is 4.45. The first-order valence-corrected chi connectivity index (χ1v) is 9.48. The van der Waals surface area contributed by atoms with Crippen LogP contribution >= 0.6 is 11.6 Å². The molecule has 6 heteroatoms. The van der Waals surface area contributed by atoms with E-state index in [-0.39, 0.29) is 5.78 Å². The van der Waals surface area contributed by atoms with Crippen molar-refractivity contribution in [3.8, 4) is 11.8 Å². The van der Waals surface area contributed by atoms with Crippen LogP contribution < -0.4 is 10.1 Å². The summed E-state index contributed by atoms with van der Waals surface area (Å²) in [7, 11) is 1.63. The van der Waals surface area contributed by atoms with Gasteiger partial charge in [0.2, 0.25) is 0 Å². The first kappa shape index (κ1) is 19.0. The maximum Gasteiger partial charge on any atom is 0.195 e. The molecule has 2 aliphatic rings. The van der Waals surface area contributed by atoms with Crippen LogP contribution in [0.1, 0.15) is 15.9 Å². The first-order chi connectivity index (χ1) is 14.1. The molecular formula is C23H18ClN3O2. The van der Waals surface area contributed by atoms with Gasteiger partial charge < -0.3 is 9.64 Å². The second kappa shape index (κ2) is 7.96. The van der Waals surface area contributed by atoms with Crippen LogP contribution in [0.15, 0.2) is 77.5 Å². The lowest BCUT2D eigenvalue weighted by atomic mass is 9.89. The molecule has 29 heavy (non-hydrogen) atoms. The number of carbonyl (C=O) groups excluding carboxylic acids is 1. The number of benzene rings is 2. The molecule has 0 saturated carbocycles. The van der Waals surface area contributed by atoms with Gasteiger partial charge in [0.1, 0.15) is 5.75 Å². The molecule has 0 aliphatic carbocycles. The topological polar surface area (TPSA) is 65.4 Å². The van der Waals surface area contributed by atoms with Crippen molar-refractivity contribution in [3.63, 3.8) is 0 Å². The Kier molecular flexibility index (Phi) is 5.22. The van der Waals surface area contributed by atoms with E-state index in [9.17, 15) is 10.1 Å². The zero-order chi connectivity index (χ0) is 20.4. The maximum absolute atomic E-state index is 13.3. The van der Waals surface area contributed by atoms with Crippen molar-refractivity contribution in [2.24, 2.45) is 0 Å². The molecule has 1 fully saturated rings. The molecule has 0 spiro atoms. The Bertz CT molecular complexity index is 1090. The number of nitrogens with zero attached hydrogens (tertiary/aromatic N) is 2. The van der Waals surface area contributed by atoms with Gasteiger partial charge in [0.05, 0.1) is 25.4 Å². The predicted octanol–water partition coefficient (Wildman–Crippen LogP) is 4.15. The van der Waals surface area contributed by atoms with Crippen LogP contribution in [-0.2, 0) is 0 Å². The van der Waals surface area contributed by atoms with Crippen LogP contribution in [0.25, 0.3) is 5.70 Å². The SMILES string of the molecule is COc1ccc(C2=C/C(=C/C#N)C(C(=O)c3ccc(Cl)cc3)=C3CNCN23)cc1. The molecule has 0 amide bonds. The van der Waals surface area contributed by atoms with Gasteiger partial charge in [0.25, 0.3) is 0 Å². The number of carbonyl (C=O) groups is 1. The third kappa shape index (κ3) is 3.56. The molecule has 0 bridgehead atoms. The number of nitrogens with one attached hydrogen (secondary N) is 1. The second-order valence-corrected chi connectivity index (χ2v) is 7.09. The van der Waals surface area contributed by atoms with Crippen LogP contribution in [0.5, 0.6) is 5.75 Å². The van der Waals surface area contributed by atoms with Crippen molar-refractivity contribution >= 4 is 23.1 Å². The van der Waals surface area contributed by atoms with Crippen LogP contribution in [0.4, 0.5) is 0 Å². The Morgan fingerprint density at radius 2 is 1.93 bits per heavy atom. The minimum Gasteiger partial charge on any atom is -0.497 e. The average molecular weight is 404 g/mol. The summed E-state index contributed by atoms with van der Waals surface area (Å²) in [4.78, 5) is 15.4. The van der Waals surface area contributed by atoms with E-state index in [4.69, 9.17) is 16.3 Å².